The molecule has 2 aliphatic heterocycles. The quantitative estimate of drug-likeness (QED) is 0.767. The maximum Gasteiger partial charge on any atom is 0.295 e. The number of likely N-dealkylation sites (tertiary alicyclic amines) is 1. The molecule has 0 aromatic carbocycles. The van der Waals surface area contributed by atoms with E-state index in [1.807, 2.05) is 10.6 Å². The molecule has 28 heavy (non-hydrogen) atoms. The number of aryl methyl sites for hydroxylation is 1. The number of rotatable bonds is 4. The molecule has 1 saturated carbocycles. The van der Waals surface area contributed by atoms with Gasteiger partial charge in [0.15, 0.2) is 5.82 Å². The number of piperazine rings is 1. The second-order valence-corrected chi connectivity index (χ2v) is 8.74. The summed E-state index contributed by atoms with van der Waals surface area (Å²) in [5.74, 6) is 0.855. The van der Waals surface area contributed by atoms with Gasteiger partial charge in [-0.3, -0.25) is 23.9 Å². The number of hydrogen-bond acceptors (Lipinski definition) is 6. The Labute approximate surface area is 165 Å². The summed E-state index contributed by atoms with van der Waals surface area (Å²) in [6.07, 6.45) is 10.8. The van der Waals surface area contributed by atoms with Gasteiger partial charge in [0.1, 0.15) is 0 Å². The van der Waals surface area contributed by atoms with E-state index in [-0.39, 0.29) is 5.56 Å². The van der Waals surface area contributed by atoms with E-state index in [4.69, 9.17) is 0 Å². The van der Waals surface area contributed by atoms with Gasteiger partial charge in [-0.1, -0.05) is 19.3 Å². The van der Waals surface area contributed by atoms with Crippen LogP contribution in [0.25, 0.3) is 5.65 Å². The summed E-state index contributed by atoms with van der Waals surface area (Å²) in [7, 11) is 1.74. The Balaban J connectivity index is 1.13. The Kier molecular flexibility index (Phi) is 4.94. The van der Waals surface area contributed by atoms with Crippen LogP contribution in [0, 0.1) is 0 Å². The van der Waals surface area contributed by atoms with E-state index in [9.17, 15) is 4.79 Å². The summed E-state index contributed by atoms with van der Waals surface area (Å²) in [4.78, 5) is 20.0. The normalized spacial score (nSPS) is 24.0. The summed E-state index contributed by atoms with van der Waals surface area (Å²) in [6, 6.07) is 1.52. The van der Waals surface area contributed by atoms with Crippen LogP contribution in [0.5, 0.6) is 0 Å². The molecule has 152 valence electrons. The highest BCUT2D eigenvalue weighted by molar-refractivity contribution is 5.34. The van der Waals surface area contributed by atoms with E-state index >= 15 is 0 Å². The Morgan fingerprint density at radius 2 is 1.61 bits per heavy atom. The zero-order valence-electron chi connectivity index (χ0n) is 16.8. The lowest BCUT2D eigenvalue weighted by atomic mass is 9.93. The molecule has 0 spiro atoms. The lowest BCUT2D eigenvalue weighted by molar-refractivity contribution is -0.0114. The van der Waals surface area contributed by atoms with Crippen LogP contribution in [-0.4, -0.2) is 85.2 Å². The van der Waals surface area contributed by atoms with Gasteiger partial charge in [-0.2, -0.15) is 0 Å². The van der Waals surface area contributed by atoms with Gasteiger partial charge < -0.3 is 4.57 Å². The van der Waals surface area contributed by atoms with Gasteiger partial charge in [0.25, 0.3) is 5.56 Å². The Morgan fingerprint density at radius 1 is 0.929 bits per heavy atom. The average molecular weight is 386 g/mol. The van der Waals surface area contributed by atoms with Crippen molar-refractivity contribution in [2.45, 2.75) is 50.7 Å². The maximum absolute atomic E-state index is 12.1. The molecule has 2 saturated heterocycles. The van der Waals surface area contributed by atoms with E-state index in [0.717, 1.165) is 31.5 Å². The third kappa shape index (κ3) is 3.38. The van der Waals surface area contributed by atoms with Crippen molar-refractivity contribution in [2.75, 3.05) is 39.3 Å². The zero-order chi connectivity index (χ0) is 19.1. The fourth-order valence-electron chi connectivity index (χ4n) is 5.14. The van der Waals surface area contributed by atoms with Crippen molar-refractivity contribution < 1.29 is 0 Å². The second kappa shape index (κ2) is 7.57. The Hall–Kier alpha value is -1.77. The smallest absolute Gasteiger partial charge is 0.295 e. The standard InChI is InChI=1S/C20H31N7O/c1-23-7-12-27-18(21-22-19(27)20(23)28)15-24-13-17(14-24)26-10-8-25(9-11-26)16-5-3-2-4-6-16/h7,12,16-17H,2-6,8-11,13-15H2,1H3. The molecule has 4 heterocycles. The van der Waals surface area contributed by atoms with Crippen molar-refractivity contribution in [3.63, 3.8) is 0 Å². The fourth-order valence-corrected chi connectivity index (χ4v) is 5.14. The highest BCUT2D eigenvalue weighted by Gasteiger charge is 2.35. The van der Waals surface area contributed by atoms with Crippen molar-refractivity contribution in [3.05, 3.63) is 28.6 Å². The molecule has 0 amide bonds. The predicted octanol–water partition coefficient (Wildman–Crippen LogP) is 0.563. The van der Waals surface area contributed by atoms with Crippen LogP contribution >= 0.6 is 0 Å². The number of nitrogens with zero attached hydrogens (tertiary/aromatic N) is 7. The molecule has 2 aromatic rings. The van der Waals surface area contributed by atoms with Gasteiger partial charge in [-0.15, -0.1) is 10.2 Å². The van der Waals surface area contributed by atoms with Crippen LogP contribution < -0.4 is 5.56 Å². The van der Waals surface area contributed by atoms with Crippen molar-refractivity contribution in [2.24, 2.45) is 7.05 Å². The third-order valence-corrected chi connectivity index (χ3v) is 6.98. The fraction of sp³-hybridized carbons (Fsp3) is 0.750. The highest BCUT2D eigenvalue weighted by atomic mass is 16.1. The van der Waals surface area contributed by atoms with Crippen molar-refractivity contribution >= 4 is 5.65 Å². The van der Waals surface area contributed by atoms with E-state index in [0.29, 0.717) is 11.7 Å². The summed E-state index contributed by atoms with van der Waals surface area (Å²) in [5.41, 5.74) is 0.314. The molecule has 0 bridgehead atoms. The molecule has 8 heteroatoms. The van der Waals surface area contributed by atoms with Crippen molar-refractivity contribution in [1.82, 2.24) is 33.9 Å². The van der Waals surface area contributed by atoms with Gasteiger partial charge in [-0.05, 0) is 12.8 Å². The summed E-state index contributed by atoms with van der Waals surface area (Å²) < 4.78 is 3.37. The van der Waals surface area contributed by atoms with Crippen LogP contribution in [0.3, 0.4) is 0 Å². The Bertz CT molecular complexity index is 870. The number of aromatic nitrogens is 4. The maximum atomic E-state index is 12.1. The van der Waals surface area contributed by atoms with E-state index in [1.165, 1.54) is 58.3 Å². The monoisotopic (exact) mass is 385 g/mol. The SMILES string of the molecule is Cn1ccn2c(CN3CC(N4CCN(C5CCCCC5)CC4)C3)nnc2c1=O. The third-order valence-electron chi connectivity index (χ3n) is 6.98. The highest BCUT2D eigenvalue weighted by Crippen LogP contribution is 2.25. The van der Waals surface area contributed by atoms with E-state index in [1.54, 1.807) is 17.8 Å². The molecule has 0 radical (unpaired) electrons. The largest absolute Gasteiger partial charge is 0.314 e. The molecule has 2 aromatic heterocycles. The summed E-state index contributed by atoms with van der Waals surface area (Å²) in [5, 5.41) is 8.35. The van der Waals surface area contributed by atoms with Gasteiger partial charge >= 0.3 is 0 Å². The average Bonchev–Trinajstić information content (AvgIpc) is 3.11. The van der Waals surface area contributed by atoms with Gasteiger partial charge in [0.2, 0.25) is 5.65 Å². The van der Waals surface area contributed by atoms with Gasteiger partial charge in [0, 0.05) is 70.8 Å². The lowest BCUT2D eigenvalue weighted by Gasteiger charge is -2.49. The number of hydrogen-bond donors (Lipinski definition) is 0. The first kappa shape index (κ1) is 18.3. The van der Waals surface area contributed by atoms with Crippen LogP contribution in [0.4, 0.5) is 0 Å². The molecule has 0 atom stereocenters. The molecule has 3 fully saturated rings. The van der Waals surface area contributed by atoms with E-state index in [2.05, 4.69) is 24.9 Å². The molecular weight excluding hydrogens is 354 g/mol. The van der Waals surface area contributed by atoms with E-state index < -0.39 is 0 Å². The van der Waals surface area contributed by atoms with Crippen molar-refractivity contribution in [1.29, 1.82) is 0 Å². The van der Waals surface area contributed by atoms with Crippen molar-refractivity contribution in [3.8, 4) is 0 Å². The second-order valence-electron chi connectivity index (χ2n) is 8.74. The van der Waals surface area contributed by atoms with Crippen LogP contribution in [0.1, 0.15) is 37.9 Å². The topological polar surface area (TPSA) is 61.9 Å². The minimum atomic E-state index is -0.0985. The minimum Gasteiger partial charge on any atom is -0.314 e. The van der Waals surface area contributed by atoms with Crippen LogP contribution in [0.15, 0.2) is 17.2 Å². The molecule has 0 unspecified atom stereocenters. The first-order chi connectivity index (χ1) is 13.7. The first-order valence-electron chi connectivity index (χ1n) is 10.8. The molecule has 8 nitrogen and oxygen atoms in total. The molecule has 3 aliphatic rings. The molecule has 1 aliphatic carbocycles. The van der Waals surface area contributed by atoms with Crippen LogP contribution in [-0.2, 0) is 13.6 Å². The van der Waals surface area contributed by atoms with Gasteiger partial charge in [-0.25, -0.2) is 0 Å². The lowest BCUT2D eigenvalue weighted by Crippen LogP contribution is -2.63. The molecule has 0 N–H and O–H groups in total. The minimum absolute atomic E-state index is 0.0985. The summed E-state index contributed by atoms with van der Waals surface area (Å²) >= 11 is 0. The van der Waals surface area contributed by atoms with Gasteiger partial charge in [0.05, 0.1) is 6.54 Å². The molecular formula is C20H31N7O. The Morgan fingerprint density at radius 3 is 2.32 bits per heavy atom. The zero-order valence-corrected chi connectivity index (χ0v) is 16.8. The number of fused-ring (bicyclic) bond motifs is 1. The first-order valence-corrected chi connectivity index (χ1v) is 10.8. The van der Waals surface area contributed by atoms with Crippen LogP contribution in [0.2, 0.25) is 0 Å². The molecule has 5 rings (SSSR count). The summed E-state index contributed by atoms with van der Waals surface area (Å²) in [6.45, 7) is 7.82. The predicted molar refractivity (Wildman–Crippen MR) is 107 cm³/mol.